The zero-order valence-corrected chi connectivity index (χ0v) is 20.0. The standard InChI is InChI=1S/C18H19FN4O4.C4H10.C2H6/c19-13-2-1-3-14-12(13)7-15(23-14)18(27)21-8-16(25)22-11(9-24)6-10-4-5-20-17(10)26;1-4(2)3;1-2/h1-3,7,9-11,23H,4-6,8H2,(H,20,26)(H,21,27)(H,22,25);4H,1-3H3;1-2H3. The lowest BCUT2D eigenvalue weighted by molar-refractivity contribution is -0.125. The zero-order chi connectivity index (χ0) is 25.0. The van der Waals surface area contributed by atoms with E-state index in [0.717, 1.165) is 5.92 Å². The molecule has 33 heavy (non-hydrogen) atoms. The summed E-state index contributed by atoms with van der Waals surface area (Å²) in [6.45, 7) is 10.7. The molecule has 3 rings (SSSR count). The van der Waals surface area contributed by atoms with Crippen molar-refractivity contribution in [3.63, 3.8) is 0 Å². The number of hydrogen-bond acceptors (Lipinski definition) is 4. The Morgan fingerprint density at radius 2 is 1.91 bits per heavy atom. The van der Waals surface area contributed by atoms with E-state index < -0.39 is 23.7 Å². The summed E-state index contributed by atoms with van der Waals surface area (Å²) in [4.78, 5) is 49.6. The Morgan fingerprint density at radius 1 is 1.24 bits per heavy atom. The zero-order valence-electron chi connectivity index (χ0n) is 20.0. The van der Waals surface area contributed by atoms with Gasteiger partial charge in [0.1, 0.15) is 17.8 Å². The first-order valence-electron chi connectivity index (χ1n) is 11.3. The van der Waals surface area contributed by atoms with Gasteiger partial charge >= 0.3 is 0 Å². The smallest absolute Gasteiger partial charge is 0.268 e. The third kappa shape index (κ3) is 9.03. The van der Waals surface area contributed by atoms with Crippen LogP contribution in [0.3, 0.4) is 0 Å². The van der Waals surface area contributed by atoms with E-state index in [1.807, 2.05) is 13.8 Å². The van der Waals surface area contributed by atoms with Crippen LogP contribution in [0, 0.1) is 17.7 Å². The number of carbonyl (C=O) groups excluding carboxylic acids is 4. The molecule has 4 N–H and O–H groups in total. The molecule has 1 aromatic carbocycles. The van der Waals surface area contributed by atoms with E-state index in [1.165, 1.54) is 18.2 Å². The molecule has 0 radical (unpaired) electrons. The quantitative estimate of drug-likeness (QED) is 0.473. The van der Waals surface area contributed by atoms with Crippen molar-refractivity contribution in [2.24, 2.45) is 11.8 Å². The highest BCUT2D eigenvalue weighted by molar-refractivity contribution is 5.99. The van der Waals surface area contributed by atoms with Gasteiger partial charge in [-0.05, 0) is 37.0 Å². The van der Waals surface area contributed by atoms with Crippen LogP contribution in [0.1, 0.15) is 57.9 Å². The molecule has 0 saturated carbocycles. The third-order valence-electron chi connectivity index (χ3n) is 4.48. The van der Waals surface area contributed by atoms with Crippen LogP contribution in [-0.2, 0) is 14.4 Å². The van der Waals surface area contributed by atoms with Crippen LogP contribution in [0.4, 0.5) is 4.39 Å². The van der Waals surface area contributed by atoms with Crippen LogP contribution < -0.4 is 16.0 Å². The number of hydrogen-bond donors (Lipinski definition) is 4. The second-order valence-corrected chi connectivity index (χ2v) is 8.12. The summed E-state index contributed by atoms with van der Waals surface area (Å²) >= 11 is 0. The fourth-order valence-electron chi connectivity index (χ4n) is 3.08. The fourth-order valence-corrected chi connectivity index (χ4v) is 3.08. The first-order chi connectivity index (χ1) is 15.7. The summed E-state index contributed by atoms with van der Waals surface area (Å²) in [6.07, 6.45) is 1.41. The Kier molecular flexibility index (Phi) is 11.8. The van der Waals surface area contributed by atoms with Crippen LogP contribution in [0.25, 0.3) is 10.9 Å². The van der Waals surface area contributed by atoms with Gasteiger partial charge in [-0.2, -0.15) is 0 Å². The minimum atomic E-state index is -0.801. The van der Waals surface area contributed by atoms with Gasteiger partial charge in [0.25, 0.3) is 5.91 Å². The number of halogens is 1. The molecule has 0 aliphatic carbocycles. The summed E-state index contributed by atoms with van der Waals surface area (Å²) in [7, 11) is 0. The lowest BCUT2D eigenvalue weighted by Gasteiger charge is -2.15. The number of rotatable bonds is 7. The van der Waals surface area contributed by atoms with Crippen LogP contribution in [-0.4, -0.2) is 48.1 Å². The normalized spacial score (nSPS) is 15.5. The molecule has 2 heterocycles. The molecule has 1 aromatic heterocycles. The lowest BCUT2D eigenvalue weighted by Crippen LogP contribution is -2.44. The van der Waals surface area contributed by atoms with Gasteiger partial charge in [-0.1, -0.05) is 40.7 Å². The molecule has 182 valence electrons. The van der Waals surface area contributed by atoms with Crippen LogP contribution in [0.15, 0.2) is 24.3 Å². The number of benzene rings is 1. The molecule has 1 saturated heterocycles. The monoisotopic (exact) mass is 462 g/mol. The van der Waals surface area contributed by atoms with Gasteiger partial charge in [-0.3, -0.25) is 14.4 Å². The summed E-state index contributed by atoms with van der Waals surface area (Å²) in [5.41, 5.74) is 0.595. The maximum absolute atomic E-state index is 13.7. The van der Waals surface area contributed by atoms with Crippen molar-refractivity contribution in [3.05, 3.63) is 35.8 Å². The number of aldehydes is 1. The Balaban J connectivity index is 0.000000820. The highest BCUT2D eigenvalue weighted by atomic mass is 19.1. The maximum Gasteiger partial charge on any atom is 0.268 e. The average molecular weight is 463 g/mol. The first-order valence-corrected chi connectivity index (χ1v) is 11.3. The van der Waals surface area contributed by atoms with Gasteiger partial charge < -0.3 is 25.7 Å². The second-order valence-electron chi connectivity index (χ2n) is 8.12. The van der Waals surface area contributed by atoms with Crippen molar-refractivity contribution < 1.29 is 23.6 Å². The lowest BCUT2D eigenvalue weighted by atomic mass is 9.99. The number of amides is 3. The fraction of sp³-hybridized carbons (Fsp3) is 0.500. The number of fused-ring (bicyclic) bond motifs is 1. The molecule has 1 aliphatic rings. The number of carbonyl (C=O) groups is 4. The molecular formula is C24H35FN4O4. The summed E-state index contributed by atoms with van der Waals surface area (Å²) < 4.78 is 13.7. The van der Waals surface area contributed by atoms with E-state index in [9.17, 15) is 23.6 Å². The van der Waals surface area contributed by atoms with Crippen molar-refractivity contribution in [2.75, 3.05) is 13.1 Å². The summed E-state index contributed by atoms with van der Waals surface area (Å²) in [5.74, 6) is -1.18. The van der Waals surface area contributed by atoms with E-state index >= 15 is 0 Å². The van der Waals surface area contributed by atoms with Gasteiger partial charge in [0, 0.05) is 23.4 Å². The topological polar surface area (TPSA) is 120 Å². The van der Waals surface area contributed by atoms with E-state index in [0.29, 0.717) is 24.8 Å². The highest BCUT2D eigenvalue weighted by Crippen LogP contribution is 2.18. The minimum Gasteiger partial charge on any atom is -0.356 e. The van der Waals surface area contributed by atoms with E-state index in [4.69, 9.17) is 0 Å². The van der Waals surface area contributed by atoms with Crippen molar-refractivity contribution >= 4 is 34.9 Å². The van der Waals surface area contributed by atoms with Crippen LogP contribution >= 0.6 is 0 Å². The molecule has 1 aliphatic heterocycles. The Labute approximate surface area is 194 Å². The minimum absolute atomic E-state index is 0.123. The van der Waals surface area contributed by atoms with E-state index in [2.05, 4.69) is 41.7 Å². The van der Waals surface area contributed by atoms with E-state index in [-0.39, 0.29) is 35.9 Å². The van der Waals surface area contributed by atoms with Gasteiger partial charge in [0.2, 0.25) is 11.8 Å². The summed E-state index contributed by atoms with van der Waals surface area (Å²) in [5, 5.41) is 7.85. The second kappa shape index (κ2) is 14.0. The molecule has 9 heteroatoms. The molecule has 0 bridgehead atoms. The average Bonchev–Trinajstić information content (AvgIpc) is 3.39. The molecule has 3 amide bonds. The third-order valence-corrected chi connectivity index (χ3v) is 4.48. The van der Waals surface area contributed by atoms with Crippen molar-refractivity contribution in [1.82, 2.24) is 20.9 Å². The Hall–Kier alpha value is -3.23. The highest BCUT2D eigenvalue weighted by Gasteiger charge is 2.27. The Morgan fingerprint density at radius 3 is 2.45 bits per heavy atom. The molecule has 1 fully saturated rings. The Bertz CT molecular complexity index is 939. The number of aromatic nitrogens is 1. The van der Waals surface area contributed by atoms with Gasteiger partial charge in [-0.15, -0.1) is 0 Å². The maximum atomic E-state index is 13.7. The molecule has 8 nitrogen and oxygen atoms in total. The number of aromatic amines is 1. The van der Waals surface area contributed by atoms with E-state index in [1.54, 1.807) is 6.07 Å². The predicted octanol–water partition coefficient (Wildman–Crippen LogP) is 2.94. The molecule has 2 unspecified atom stereocenters. The number of nitrogens with one attached hydrogen (secondary N) is 4. The van der Waals surface area contributed by atoms with Gasteiger partial charge in [0.05, 0.1) is 12.6 Å². The van der Waals surface area contributed by atoms with Crippen molar-refractivity contribution in [2.45, 2.75) is 53.5 Å². The first kappa shape index (κ1) is 27.8. The molecule has 0 spiro atoms. The van der Waals surface area contributed by atoms with Crippen molar-refractivity contribution in [3.8, 4) is 0 Å². The number of H-pyrrole nitrogens is 1. The van der Waals surface area contributed by atoms with Crippen molar-refractivity contribution in [1.29, 1.82) is 0 Å². The molecule has 2 atom stereocenters. The molecular weight excluding hydrogens is 427 g/mol. The largest absolute Gasteiger partial charge is 0.356 e. The molecule has 2 aromatic rings. The van der Waals surface area contributed by atoms with Gasteiger partial charge in [0.15, 0.2) is 0 Å². The SMILES string of the molecule is CC.CC(C)C.O=CC(CC1CCNC1=O)NC(=O)CNC(=O)c1cc2c(F)cccc2[nH]1. The van der Waals surface area contributed by atoms with Crippen LogP contribution in [0.5, 0.6) is 0 Å². The summed E-state index contributed by atoms with van der Waals surface area (Å²) in [6, 6.07) is 5.01. The van der Waals surface area contributed by atoms with Crippen LogP contribution in [0.2, 0.25) is 0 Å². The predicted molar refractivity (Wildman–Crippen MR) is 126 cm³/mol. The van der Waals surface area contributed by atoms with Gasteiger partial charge in [-0.25, -0.2) is 4.39 Å².